The molecule has 1 unspecified atom stereocenters. The molecule has 3 rings (SSSR count). The maximum atomic E-state index is 12.7. The van der Waals surface area contributed by atoms with E-state index in [4.69, 9.17) is 16.6 Å². The van der Waals surface area contributed by atoms with E-state index >= 15 is 0 Å². The molecule has 0 aliphatic carbocycles. The first-order valence-corrected chi connectivity index (χ1v) is 11.1. The van der Waals surface area contributed by atoms with E-state index in [0.29, 0.717) is 28.0 Å². The molecule has 0 spiro atoms. The van der Waals surface area contributed by atoms with E-state index in [1.54, 1.807) is 25.1 Å². The molecule has 2 saturated heterocycles. The number of sulfone groups is 1. The van der Waals surface area contributed by atoms with Gasteiger partial charge in [-0.25, -0.2) is 8.42 Å². The van der Waals surface area contributed by atoms with Gasteiger partial charge < -0.3 is 9.32 Å². The summed E-state index contributed by atoms with van der Waals surface area (Å²) < 4.78 is 28.9. The zero-order chi connectivity index (χ0) is 18.9. The number of furan rings is 1. The van der Waals surface area contributed by atoms with Gasteiger partial charge in [-0.2, -0.15) is 0 Å². The van der Waals surface area contributed by atoms with Crippen LogP contribution in [0.5, 0.6) is 0 Å². The molecular formula is C16H18N2O5S3. The number of rotatable bonds is 5. The van der Waals surface area contributed by atoms with Crippen LogP contribution >= 0.6 is 24.0 Å². The standard InChI is InChI=1S/C16H18N2O5S3/c1-2-17(11-5-7-26(21,22)10-11)14(19)9-18-15(20)13(25-16(18)24)8-12-4-3-6-23-12/h3-4,6,8,11H,2,5,7,9-10H2,1H3/b13-8+. The lowest BCUT2D eigenvalue weighted by atomic mass is 10.2. The van der Waals surface area contributed by atoms with Gasteiger partial charge in [0.05, 0.1) is 22.7 Å². The smallest absolute Gasteiger partial charge is 0.266 e. The van der Waals surface area contributed by atoms with Crippen LogP contribution in [0.1, 0.15) is 19.1 Å². The summed E-state index contributed by atoms with van der Waals surface area (Å²) in [6.07, 6.45) is 3.52. The largest absolute Gasteiger partial charge is 0.465 e. The fourth-order valence-corrected chi connectivity index (χ4v) is 5.99. The minimum absolute atomic E-state index is 0.0244. The molecule has 1 aromatic rings. The summed E-state index contributed by atoms with van der Waals surface area (Å²) in [5, 5.41) is 0. The van der Waals surface area contributed by atoms with Crippen molar-refractivity contribution in [1.82, 2.24) is 9.80 Å². The summed E-state index contributed by atoms with van der Waals surface area (Å²) in [4.78, 5) is 28.4. The van der Waals surface area contributed by atoms with Crippen molar-refractivity contribution >= 4 is 56.0 Å². The van der Waals surface area contributed by atoms with Crippen LogP contribution < -0.4 is 0 Å². The van der Waals surface area contributed by atoms with E-state index in [9.17, 15) is 18.0 Å². The summed E-state index contributed by atoms with van der Waals surface area (Å²) in [6, 6.07) is 3.09. The molecule has 0 N–H and O–H groups in total. The van der Waals surface area contributed by atoms with Crippen LogP contribution in [0.25, 0.3) is 6.08 Å². The number of thiocarbonyl (C=S) groups is 1. The Labute approximate surface area is 161 Å². The summed E-state index contributed by atoms with van der Waals surface area (Å²) in [7, 11) is -3.09. The molecule has 140 valence electrons. The van der Waals surface area contributed by atoms with Gasteiger partial charge in [-0.1, -0.05) is 24.0 Å². The van der Waals surface area contributed by atoms with Crippen molar-refractivity contribution in [3.05, 3.63) is 29.1 Å². The lowest BCUT2D eigenvalue weighted by molar-refractivity contribution is -0.136. The molecule has 2 fully saturated rings. The van der Waals surface area contributed by atoms with Crippen molar-refractivity contribution in [3.63, 3.8) is 0 Å². The highest BCUT2D eigenvalue weighted by molar-refractivity contribution is 8.26. The summed E-state index contributed by atoms with van der Waals surface area (Å²) in [5.41, 5.74) is 0. The highest BCUT2D eigenvalue weighted by atomic mass is 32.2. The first-order chi connectivity index (χ1) is 12.3. The van der Waals surface area contributed by atoms with Gasteiger partial charge in [0.2, 0.25) is 5.91 Å². The molecular weight excluding hydrogens is 396 g/mol. The summed E-state index contributed by atoms with van der Waals surface area (Å²) in [5.74, 6) is -0.0502. The Hall–Kier alpha value is -1.65. The van der Waals surface area contributed by atoms with Gasteiger partial charge in [-0.05, 0) is 25.5 Å². The molecule has 10 heteroatoms. The molecule has 26 heavy (non-hydrogen) atoms. The molecule has 0 aromatic carbocycles. The molecule has 2 aliphatic heterocycles. The lowest BCUT2D eigenvalue weighted by Gasteiger charge is -2.28. The predicted octanol–water partition coefficient (Wildman–Crippen LogP) is 1.52. The van der Waals surface area contributed by atoms with Gasteiger partial charge in [-0.3, -0.25) is 14.5 Å². The number of carbonyl (C=O) groups is 2. The Morgan fingerprint density at radius 1 is 1.54 bits per heavy atom. The first kappa shape index (κ1) is 19.1. The van der Waals surface area contributed by atoms with Crippen LogP contribution in [0.2, 0.25) is 0 Å². The Kier molecular flexibility index (Phi) is 5.54. The van der Waals surface area contributed by atoms with Crippen molar-refractivity contribution in [2.24, 2.45) is 0 Å². The Balaban J connectivity index is 1.70. The number of hydrogen-bond donors (Lipinski definition) is 0. The summed E-state index contributed by atoms with van der Waals surface area (Å²) >= 11 is 6.35. The second-order valence-electron chi connectivity index (χ2n) is 6.02. The van der Waals surface area contributed by atoms with Crippen molar-refractivity contribution in [2.45, 2.75) is 19.4 Å². The van der Waals surface area contributed by atoms with E-state index in [1.165, 1.54) is 16.1 Å². The number of hydrogen-bond acceptors (Lipinski definition) is 7. The monoisotopic (exact) mass is 414 g/mol. The highest BCUT2D eigenvalue weighted by Crippen LogP contribution is 2.32. The van der Waals surface area contributed by atoms with Crippen LogP contribution in [0.4, 0.5) is 0 Å². The van der Waals surface area contributed by atoms with Gasteiger partial charge in [0.15, 0.2) is 9.84 Å². The third kappa shape index (κ3) is 4.02. The van der Waals surface area contributed by atoms with Crippen LogP contribution in [-0.2, 0) is 19.4 Å². The van der Waals surface area contributed by atoms with Crippen molar-refractivity contribution in [3.8, 4) is 0 Å². The number of nitrogens with zero attached hydrogens (tertiary/aromatic N) is 2. The van der Waals surface area contributed by atoms with Crippen LogP contribution in [-0.4, -0.2) is 65.0 Å². The molecule has 0 radical (unpaired) electrons. The van der Waals surface area contributed by atoms with Gasteiger partial charge in [-0.15, -0.1) is 0 Å². The molecule has 7 nitrogen and oxygen atoms in total. The van der Waals surface area contributed by atoms with E-state index in [0.717, 1.165) is 11.8 Å². The van der Waals surface area contributed by atoms with Gasteiger partial charge in [0.25, 0.3) is 5.91 Å². The van der Waals surface area contributed by atoms with Crippen LogP contribution in [0.3, 0.4) is 0 Å². The third-order valence-corrected chi connectivity index (χ3v) is 7.42. The lowest BCUT2D eigenvalue weighted by Crippen LogP contribution is -2.47. The number of likely N-dealkylation sites (N-methyl/N-ethyl adjacent to an activating group) is 1. The number of carbonyl (C=O) groups excluding carboxylic acids is 2. The SMILES string of the molecule is CCN(C(=O)CN1C(=O)/C(=C\c2ccco2)SC1=S)C1CCS(=O)(=O)C1. The van der Waals surface area contributed by atoms with E-state index < -0.39 is 9.84 Å². The van der Waals surface area contributed by atoms with Crippen LogP contribution in [0.15, 0.2) is 27.7 Å². The van der Waals surface area contributed by atoms with Gasteiger partial charge in [0, 0.05) is 18.7 Å². The van der Waals surface area contributed by atoms with E-state index in [2.05, 4.69) is 0 Å². The zero-order valence-corrected chi connectivity index (χ0v) is 16.5. The molecule has 1 aromatic heterocycles. The molecule has 0 bridgehead atoms. The Morgan fingerprint density at radius 2 is 2.31 bits per heavy atom. The molecule has 3 heterocycles. The van der Waals surface area contributed by atoms with Crippen molar-refractivity contribution in [1.29, 1.82) is 0 Å². The molecule has 0 saturated carbocycles. The third-order valence-electron chi connectivity index (χ3n) is 4.29. The second kappa shape index (κ2) is 7.53. The fourth-order valence-electron chi connectivity index (χ4n) is 3.02. The Morgan fingerprint density at radius 3 is 2.88 bits per heavy atom. The van der Waals surface area contributed by atoms with E-state index in [1.807, 2.05) is 0 Å². The average Bonchev–Trinajstić information content (AvgIpc) is 3.26. The quantitative estimate of drug-likeness (QED) is 0.533. The minimum Gasteiger partial charge on any atom is -0.465 e. The zero-order valence-electron chi connectivity index (χ0n) is 14.1. The summed E-state index contributed by atoms with van der Waals surface area (Å²) in [6.45, 7) is 1.99. The number of thioether (sulfide) groups is 1. The molecule has 1 atom stereocenters. The molecule has 2 amide bonds. The maximum absolute atomic E-state index is 12.7. The molecule has 2 aliphatic rings. The van der Waals surface area contributed by atoms with Crippen molar-refractivity contribution < 1.29 is 22.4 Å². The van der Waals surface area contributed by atoms with Crippen LogP contribution in [0, 0.1) is 0 Å². The maximum Gasteiger partial charge on any atom is 0.266 e. The topological polar surface area (TPSA) is 87.9 Å². The Bertz CT molecular complexity index is 860. The first-order valence-electron chi connectivity index (χ1n) is 8.09. The highest BCUT2D eigenvalue weighted by Gasteiger charge is 2.38. The van der Waals surface area contributed by atoms with E-state index in [-0.39, 0.29) is 35.9 Å². The fraction of sp³-hybridized carbons (Fsp3) is 0.438. The van der Waals surface area contributed by atoms with Gasteiger partial charge >= 0.3 is 0 Å². The normalized spacial score (nSPS) is 23.8. The van der Waals surface area contributed by atoms with Crippen molar-refractivity contribution in [2.75, 3.05) is 24.6 Å². The minimum atomic E-state index is -3.09. The predicted molar refractivity (Wildman–Crippen MR) is 103 cm³/mol. The number of amides is 2. The van der Waals surface area contributed by atoms with Gasteiger partial charge in [0.1, 0.15) is 16.6 Å². The average molecular weight is 415 g/mol. The second-order valence-corrected chi connectivity index (χ2v) is 9.92.